The summed E-state index contributed by atoms with van der Waals surface area (Å²) in [4.78, 5) is 30.5. The van der Waals surface area contributed by atoms with Crippen LogP contribution in [0, 0.1) is 5.82 Å². The predicted molar refractivity (Wildman–Crippen MR) is 111 cm³/mol. The molecule has 0 bridgehead atoms. The number of rotatable bonds is 7. The van der Waals surface area contributed by atoms with Crippen molar-refractivity contribution in [1.29, 1.82) is 0 Å². The van der Waals surface area contributed by atoms with Crippen molar-refractivity contribution in [2.75, 3.05) is 26.8 Å². The number of hydrogen-bond donors (Lipinski definition) is 0. The quantitative estimate of drug-likeness (QED) is 0.690. The van der Waals surface area contributed by atoms with E-state index in [2.05, 4.69) is 0 Å². The smallest absolute Gasteiger partial charge is 0.249 e. The SMILES string of the molecule is CC[C@@H](C)N(CC(=O)N1CCc2sccc2[C@H]1c1ccc(F)cc1)C(=O)COC. The second-order valence-electron chi connectivity index (χ2n) is 7.30. The number of thiophene rings is 1. The fraction of sp³-hybridized carbons (Fsp3) is 0.455. The third-order valence-corrected chi connectivity index (χ3v) is 6.49. The molecule has 0 unspecified atom stereocenters. The van der Waals surface area contributed by atoms with Gasteiger partial charge in [-0.3, -0.25) is 9.59 Å². The molecule has 0 saturated heterocycles. The second kappa shape index (κ2) is 9.50. The molecule has 3 rings (SSSR count). The molecule has 1 aliphatic heterocycles. The van der Waals surface area contributed by atoms with Crippen LogP contribution in [0.3, 0.4) is 0 Å². The summed E-state index contributed by atoms with van der Waals surface area (Å²) in [5.41, 5.74) is 1.96. The van der Waals surface area contributed by atoms with Crippen LogP contribution in [0.2, 0.25) is 0 Å². The number of fused-ring (bicyclic) bond motifs is 1. The zero-order valence-corrected chi connectivity index (χ0v) is 17.9. The maximum atomic E-state index is 13.5. The first-order chi connectivity index (χ1) is 14.0. The third-order valence-electron chi connectivity index (χ3n) is 5.49. The van der Waals surface area contributed by atoms with E-state index < -0.39 is 0 Å². The molecule has 2 amide bonds. The van der Waals surface area contributed by atoms with Gasteiger partial charge in [-0.25, -0.2) is 4.39 Å². The van der Waals surface area contributed by atoms with Crippen molar-refractivity contribution in [1.82, 2.24) is 9.80 Å². The van der Waals surface area contributed by atoms with Crippen LogP contribution >= 0.6 is 11.3 Å². The van der Waals surface area contributed by atoms with Gasteiger partial charge in [-0.2, -0.15) is 0 Å². The van der Waals surface area contributed by atoms with E-state index in [1.807, 2.05) is 30.2 Å². The van der Waals surface area contributed by atoms with Crippen LogP contribution in [0.4, 0.5) is 4.39 Å². The van der Waals surface area contributed by atoms with Gasteiger partial charge >= 0.3 is 0 Å². The number of halogens is 1. The molecule has 29 heavy (non-hydrogen) atoms. The van der Waals surface area contributed by atoms with Gasteiger partial charge < -0.3 is 14.5 Å². The molecular weight excluding hydrogens is 391 g/mol. The van der Waals surface area contributed by atoms with Gasteiger partial charge in [0.1, 0.15) is 19.0 Å². The first kappa shape index (κ1) is 21.5. The molecule has 0 aliphatic carbocycles. The van der Waals surface area contributed by atoms with E-state index in [0.717, 1.165) is 24.0 Å². The molecule has 7 heteroatoms. The monoisotopic (exact) mass is 418 g/mol. The van der Waals surface area contributed by atoms with Crippen LogP contribution in [0.5, 0.6) is 0 Å². The molecule has 0 spiro atoms. The van der Waals surface area contributed by atoms with E-state index in [9.17, 15) is 14.0 Å². The lowest BCUT2D eigenvalue weighted by Gasteiger charge is -2.38. The van der Waals surface area contributed by atoms with Gasteiger partial charge in [0, 0.05) is 24.6 Å². The lowest BCUT2D eigenvalue weighted by Crippen LogP contribution is -2.49. The van der Waals surface area contributed by atoms with E-state index in [1.54, 1.807) is 28.4 Å². The van der Waals surface area contributed by atoms with Gasteiger partial charge in [0.2, 0.25) is 11.8 Å². The minimum atomic E-state index is -0.305. The average Bonchev–Trinajstić information content (AvgIpc) is 3.20. The van der Waals surface area contributed by atoms with Crippen LogP contribution in [0.25, 0.3) is 0 Å². The van der Waals surface area contributed by atoms with Gasteiger partial charge in [0.15, 0.2) is 0 Å². The molecule has 1 aliphatic rings. The zero-order chi connectivity index (χ0) is 21.0. The lowest BCUT2D eigenvalue weighted by molar-refractivity contribution is -0.145. The van der Waals surface area contributed by atoms with Crippen molar-refractivity contribution in [2.24, 2.45) is 0 Å². The summed E-state index contributed by atoms with van der Waals surface area (Å²) >= 11 is 1.68. The normalized spacial score (nSPS) is 17.0. The highest BCUT2D eigenvalue weighted by molar-refractivity contribution is 7.10. The molecular formula is C22H27FN2O3S. The fourth-order valence-electron chi connectivity index (χ4n) is 3.74. The minimum Gasteiger partial charge on any atom is -0.375 e. The number of amides is 2. The fourth-order valence-corrected chi connectivity index (χ4v) is 4.65. The van der Waals surface area contributed by atoms with E-state index in [-0.39, 0.29) is 42.9 Å². The summed E-state index contributed by atoms with van der Waals surface area (Å²) in [6.45, 7) is 4.46. The molecule has 0 radical (unpaired) electrons. The molecule has 0 saturated carbocycles. The number of methoxy groups -OCH3 is 1. The second-order valence-corrected chi connectivity index (χ2v) is 8.30. The van der Waals surface area contributed by atoms with Crippen molar-refractivity contribution in [3.63, 3.8) is 0 Å². The standard InChI is InChI=1S/C22H27FN2O3S/c1-4-15(2)25(21(27)14-28-3)13-20(26)24-11-9-19-18(10-12-29-19)22(24)16-5-7-17(23)8-6-16/h5-8,10,12,15,22H,4,9,11,13-14H2,1-3H3/t15-,22-/m1/s1. The molecule has 1 aromatic heterocycles. The number of carbonyl (C=O) groups excluding carboxylic acids is 2. The topological polar surface area (TPSA) is 49.9 Å². The van der Waals surface area contributed by atoms with Crippen LogP contribution in [-0.4, -0.2) is 54.5 Å². The Morgan fingerprint density at radius 2 is 2.03 bits per heavy atom. The molecule has 156 valence electrons. The zero-order valence-electron chi connectivity index (χ0n) is 17.1. The van der Waals surface area contributed by atoms with Crippen LogP contribution < -0.4 is 0 Å². The van der Waals surface area contributed by atoms with Crippen molar-refractivity contribution in [3.8, 4) is 0 Å². The van der Waals surface area contributed by atoms with Gasteiger partial charge in [-0.15, -0.1) is 11.3 Å². The molecule has 2 aromatic rings. The van der Waals surface area contributed by atoms with Crippen molar-refractivity contribution in [2.45, 2.75) is 38.8 Å². The summed E-state index contributed by atoms with van der Waals surface area (Å²) < 4.78 is 18.5. The molecule has 2 atom stereocenters. The minimum absolute atomic E-state index is 0.00830. The molecule has 1 aromatic carbocycles. The van der Waals surface area contributed by atoms with E-state index >= 15 is 0 Å². The Morgan fingerprint density at radius 3 is 2.69 bits per heavy atom. The Labute approximate surface area is 175 Å². The highest BCUT2D eigenvalue weighted by atomic mass is 32.1. The average molecular weight is 419 g/mol. The molecule has 5 nitrogen and oxygen atoms in total. The summed E-state index contributed by atoms with van der Waals surface area (Å²) in [7, 11) is 1.47. The summed E-state index contributed by atoms with van der Waals surface area (Å²) in [5.74, 6) is -0.608. The van der Waals surface area contributed by atoms with Crippen LogP contribution in [0.15, 0.2) is 35.7 Å². The lowest BCUT2D eigenvalue weighted by atomic mass is 9.93. The number of benzene rings is 1. The van der Waals surface area contributed by atoms with Crippen molar-refractivity contribution in [3.05, 3.63) is 57.5 Å². The van der Waals surface area contributed by atoms with E-state index in [0.29, 0.717) is 6.54 Å². The highest BCUT2D eigenvalue weighted by Gasteiger charge is 2.34. The van der Waals surface area contributed by atoms with E-state index in [1.165, 1.54) is 24.1 Å². The maximum absolute atomic E-state index is 13.5. The van der Waals surface area contributed by atoms with Gasteiger partial charge in [-0.1, -0.05) is 19.1 Å². The number of carbonyl (C=O) groups is 2. The Balaban J connectivity index is 1.89. The Morgan fingerprint density at radius 1 is 1.31 bits per heavy atom. The number of ether oxygens (including phenoxy) is 1. The Hall–Kier alpha value is -2.25. The first-order valence-corrected chi connectivity index (χ1v) is 10.7. The highest BCUT2D eigenvalue weighted by Crippen LogP contribution is 2.38. The molecule has 0 N–H and O–H groups in total. The number of hydrogen-bond acceptors (Lipinski definition) is 4. The van der Waals surface area contributed by atoms with Gasteiger partial charge in [-0.05, 0) is 54.5 Å². The number of nitrogens with zero attached hydrogens (tertiary/aromatic N) is 2. The Bertz CT molecular complexity index is 852. The van der Waals surface area contributed by atoms with Gasteiger partial charge in [0.05, 0.1) is 6.04 Å². The van der Waals surface area contributed by atoms with Crippen LogP contribution in [0.1, 0.15) is 42.3 Å². The van der Waals surface area contributed by atoms with Crippen molar-refractivity contribution < 1.29 is 18.7 Å². The summed E-state index contributed by atoms with van der Waals surface area (Å²) in [5, 5.41) is 2.03. The predicted octanol–water partition coefficient (Wildman–Crippen LogP) is 3.63. The third kappa shape index (κ3) is 4.67. The van der Waals surface area contributed by atoms with E-state index in [4.69, 9.17) is 4.74 Å². The molecule has 2 heterocycles. The summed E-state index contributed by atoms with van der Waals surface area (Å²) in [6, 6.07) is 8.02. The maximum Gasteiger partial charge on any atom is 0.249 e. The summed E-state index contributed by atoms with van der Waals surface area (Å²) in [6.07, 6.45) is 1.53. The van der Waals surface area contributed by atoms with Crippen molar-refractivity contribution >= 4 is 23.2 Å². The van der Waals surface area contributed by atoms with Crippen LogP contribution in [-0.2, 0) is 20.7 Å². The largest absolute Gasteiger partial charge is 0.375 e. The van der Waals surface area contributed by atoms with Gasteiger partial charge in [0.25, 0.3) is 0 Å². The molecule has 0 fully saturated rings. The Kier molecular flexibility index (Phi) is 7.03. The first-order valence-electron chi connectivity index (χ1n) is 9.85.